The molecule has 0 aromatic carbocycles. The van der Waals surface area contributed by atoms with Gasteiger partial charge < -0.3 is 14.7 Å². The van der Waals surface area contributed by atoms with E-state index in [2.05, 4.69) is 0 Å². The Labute approximate surface area is 165 Å². The Balaban J connectivity index is 2.17. The minimum atomic E-state index is -0.434. The average Bonchev–Trinajstić information content (AvgIpc) is 2.95. The molecule has 0 aromatic rings. The monoisotopic (exact) mass is 383 g/mol. The molecule has 1 amide bonds. The van der Waals surface area contributed by atoms with E-state index in [9.17, 15) is 14.7 Å². The first-order valence-corrected chi connectivity index (χ1v) is 10.7. The number of rotatable bonds is 12. The number of unbranched alkanes of at least 4 members (excludes halogenated alkanes) is 5. The second-order valence-corrected chi connectivity index (χ2v) is 9.26. The molecule has 5 nitrogen and oxygen atoms in total. The van der Waals surface area contributed by atoms with Crippen LogP contribution in [-0.4, -0.2) is 52.6 Å². The second kappa shape index (κ2) is 11.8. The van der Waals surface area contributed by atoms with Crippen molar-refractivity contribution in [3.63, 3.8) is 0 Å². The summed E-state index contributed by atoms with van der Waals surface area (Å²) in [7, 11) is 0. The van der Waals surface area contributed by atoms with E-state index in [-0.39, 0.29) is 23.5 Å². The van der Waals surface area contributed by atoms with Gasteiger partial charge >= 0.3 is 0 Å². The van der Waals surface area contributed by atoms with E-state index in [0.29, 0.717) is 38.2 Å². The van der Waals surface area contributed by atoms with E-state index >= 15 is 0 Å². The van der Waals surface area contributed by atoms with Crippen molar-refractivity contribution in [2.75, 3.05) is 13.2 Å². The molecule has 1 saturated heterocycles. The lowest BCUT2D eigenvalue weighted by Crippen LogP contribution is -2.40. The standard InChI is InChI=1S/C22H41NO4/c1-17(2)20(25)12-10-8-6-7-9-11-13-21(26)23-15-19(24)14-18(23)16-27-22(3,4)5/h17-19,24H,6-16H2,1-5H3/t18-,19+/m0/s1. The van der Waals surface area contributed by atoms with Crippen LogP contribution in [0.3, 0.4) is 0 Å². The molecule has 0 aliphatic carbocycles. The first-order chi connectivity index (χ1) is 12.6. The van der Waals surface area contributed by atoms with Gasteiger partial charge in [0.25, 0.3) is 0 Å². The molecule has 1 aliphatic rings. The smallest absolute Gasteiger partial charge is 0.222 e. The molecule has 0 radical (unpaired) electrons. The van der Waals surface area contributed by atoms with Crippen LogP contribution in [0.2, 0.25) is 0 Å². The molecule has 0 aromatic heterocycles. The third kappa shape index (κ3) is 10.2. The molecule has 5 heteroatoms. The Bertz CT molecular complexity index is 456. The normalized spacial score (nSPS) is 20.5. The number of carbonyl (C=O) groups is 2. The molecule has 0 saturated carbocycles. The molecule has 0 bridgehead atoms. The fourth-order valence-corrected chi connectivity index (χ4v) is 3.42. The number of carbonyl (C=O) groups excluding carboxylic acids is 2. The van der Waals surface area contributed by atoms with Crippen molar-refractivity contribution in [2.24, 2.45) is 5.92 Å². The molecule has 1 aliphatic heterocycles. The number of β-amino-alcohol motifs (C(OH)–C–C–N with tert-alkyl or cyclic N) is 1. The van der Waals surface area contributed by atoms with Crippen molar-refractivity contribution in [1.29, 1.82) is 0 Å². The zero-order valence-corrected chi connectivity index (χ0v) is 18.1. The molecule has 27 heavy (non-hydrogen) atoms. The van der Waals surface area contributed by atoms with Gasteiger partial charge in [-0.15, -0.1) is 0 Å². The number of ether oxygens (including phenoxy) is 1. The highest BCUT2D eigenvalue weighted by molar-refractivity contribution is 5.80. The van der Waals surface area contributed by atoms with Crippen molar-refractivity contribution < 1.29 is 19.4 Å². The predicted octanol–water partition coefficient (Wildman–Crippen LogP) is 4.11. The number of ketones is 1. The van der Waals surface area contributed by atoms with Crippen molar-refractivity contribution in [1.82, 2.24) is 4.90 Å². The second-order valence-electron chi connectivity index (χ2n) is 9.26. The summed E-state index contributed by atoms with van der Waals surface area (Å²) in [5.74, 6) is 0.646. The Morgan fingerprint density at radius 3 is 2.15 bits per heavy atom. The van der Waals surface area contributed by atoms with Crippen molar-refractivity contribution in [3.05, 3.63) is 0 Å². The van der Waals surface area contributed by atoms with Gasteiger partial charge in [-0.05, 0) is 40.0 Å². The molecule has 0 unspecified atom stereocenters. The Morgan fingerprint density at radius 1 is 1.04 bits per heavy atom. The van der Waals surface area contributed by atoms with Crippen LogP contribution >= 0.6 is 0 Å². The van der Waals surface area contributed by atoms with Gasteiger partial charge in [-0.3, -0.25) is 9.59 Å². The summed E-state index contributed by atoms with van der Waals surface area (Å²) in [5, 5.41) is 9.94. The highest BCUT2D eigenvalue weighted by Crippen LogP contribution is 2.22. The summed E-state index contributed by atoms with van der Waals surface area (Å²) in [6, 6.07) is -0.00906. The van der Waals surface area contributed by atoms with Gasteiger partial charge in [0.2, 0.25) is 5.91 Å². The van der Waals surface area contributed by atoms with Crippen LogP contribution in [-0.2, 0) is 14.3 Å². The van der Waals surface area contributed by atoms with Crippen LogP contribution in [0.25, 0.3) is 0 Å². The summed E-state index contributed by atoms with van der Waals surface area (Å²) in [6.45, 7) is 10.8. The van der Waals surface area contributed by atoms with Crippen molar-refractivity contribution in [3.8, 4) is 0 Å². The first-order valence-electron chi connectivity index (χ1n) is 10.7. The topological polar surface area (TPSA) is 66.8 Å². The van der Waals surface area contributed by atoms with Crippen LogP contribution in [0.5, 0.6) is 0 Å². The average molecular weight is 384 g/mol. The van der Waals surface area contributed by atoms with Gasteiger partial charge in [0, 0.05) is 25.3 Å². The van der Waals surface area contributed by atoms with Crippen LogP contribution in [0.4, 0.5) is 0 Å². The quantitative estimate of drug-likeness (QED) is 0.515. The maximum atomic E-state index is 12.5. The van der Waals surface area contributed by atoms with Crippen LogP contribution in [0.1, 0.15) is 92.4 Å². The molecule has 1 fully saturated rings. The predicted molar refractivity (Wildman–Crippen MR) is 109 cm³/mol. The van der Waals surface area contributed by atoms with Gasteiger partial charge in [-0.1, -0.05) is 39.5 Å². The summed E-state index contributed by atoms with van der Waals surface area (Å²) >= 11 is 0. The number of hydrogen-bond donors (Lipinski definition) is 1. The third-order valence-electron chi connectivity index (χ3n) is 5.13. The Hall–Kier alpha value is -0.940. The molecular weight excluding hydrogens is 342 g/mol. The van der Waals surface area contributed by atoms with Crippen molar-refractivity contribution >= 4 is 11.7 Å². The van der Waals surface area contributed by atoms with Gasteiger partial charge in [-0.25, -0.2) is 0 Å². The fraction of sp³-hybridized carbons (Fsp3) is 0.909. The van der Waals surface area contributed by atoms with Gasteiger partial charge in [0.05, 0.1) is 24.4 Å². The highest BCUT2D eigenvalue weighted by Gasteiger charge is 2.34. The zero-order valence-electron chi connectivity index (χ0n) is 18.1. The Morgan fingerprint density at radius 2 is 1.59 bits per heavy atom. The van der Waals surface area contributed by atoms with E-state index in [4.69, 9.17) is 4.74 Å². The van der Waals surface area contributed by atoms with E-state index < -0.39 is 6.10 Å². The fourth-order valence-electron chi connectivity index (χ4n) is 3.42. The number of nitrogens with zero attached hydrogens (tertiary/aromatic N) is 1. The van der Waals surface area contributed by atoms with Crippen molar-refractivity contribution in [2.45, 2.75) is 110 Å². The molecule has 2 atom stereocenters. The maximum Gasteiger partial charge on any atom is 0.222 e. The summed E-state index contributed by atoms with van der Waals surface area (Å²) in [4.78, 5) is 25.9. The third-order valence-corrected chi connectivity index (χ3v) is 5.13. The number of aliphatic hydroxyl groups is 1. The lowest BCUT2D eigenvalue weighted by Gasteiger charge is -2.28. The highest BCUT2D eigenvalue weighted by atomic mass is 16.5. The van der Waals surface area contributed by atoms with E-state index in [1.54, 1.807) is 0 Å². The summed E-state index contributed by atoms with van der Waals surface area (Å²) in [6.07, 6.45) is 7.68. The number of likely N-dealkylation sites (tertiary alicyclic amines) is 1. The number of aliphatic hydroxyl groups excluding tert-OH is 1. The Kier molecular flexibility index (Phi) is 10.5. The van der Waals surface area contributed by atoms with E-state index in [1.165, 1.54) is 0 Å². The summed E-state index contributed by atoms with van der Waals surface area (Å²) < 4.78 is 5.83. The largest absolute Gasteiger partial charge is 0.391 e. The molecule has 158 valence electrons. The van der Waals surface area contributed by atoms with Crippen LogP contribution < -0.4 is 0 Å². The minimum absolute atomic E-state index is 0.00906. The molecule has 1 N–H and O–H groups in total. The van der Waals surface area contributed by atoms with Crippen LogP contribution in [0.15, 0.2) is 0 Å². The van der Waals surface area contributed by atoms with Crippen LogP contribution in [0, 0.1) is 5.92 Å². The SMILES string of the molecule is CC(C)C(=O)CCCCCCCCC(=O)N1C[C@H](O)C[C@H]1COC(C)(C)C. The lowest BCUT2D eigenvalue weighted by molar-refractivity contribution is -0.134. The van der Waals surface area contributed by atoms with Gasteiger partial charge in [-0.2, -0.15) is 0 Å². The zero-order chi connectivity index (χ0) is 20.4. The lowest BCUT2D eigenvalue weighted by atomic mass is 10.0. The minimum Gasteiger partial charge on any atom is -0.391 e. The van der Waals surface area contributed by atoms with E-state index in [1.807, 2.05) is 39.5 Å². The number of amides is 1. The van der Waals surface area contributed by atoms with Gasteiger partial charge in [0.1, 0.15) is 5.78 Å². The number of Topliss-reactive ketones (excluding diaryl/α,β-unsaturated/α-hetero) is 1. The van der Waals surface area contributed by atoms with Gasteiger partial charge in [0.15, 0.2) is 0 Å². The first kappa shape index (κ1) is 24.1. The summed E-state index contributed by atoms with van der Waals surface area (Å²) in [5.41, 5.74) is -0.234. The van der Waals surface area contributed by atoms with E-state index in [0.717, 1.165) is 38.5 Å². The molecule has 1 heterocycles. The molecule has 1 rings (SSSR count). The number of hydrogen-bond acceptors (Lipinski definition) is 4. The maximum absolute atomic E-state index is 12.5. The molecular formula is C22H41NO4. The molecule has 0 spiro atoms.